The molecular formula is C20H12BrF3N4O3S. The molecule has 2 aliphatic heterocycles. The highest BCUT2D eigenvalue weighted by atomic mass is 79.9. The normalized spacial score (nSPS) is 18.1. The van der Waals surface area contributed by atoms with Gasteiger partial charge in [0.05, 0.1) is 27.4 Å². The molecule has 0 spiro atoms. The number of fused-ring (bicyclic) bond motifs is 1. The number of hydrogen-bond donors (Lipinski definition) is 2. The van der Waals surface area contributed by atoms with Crippen LogP contribution in [0.15, 0.2) is 56.8 Å². The Morgan fingerprint density at radius 3 is 2.56 bits per heavy atom. The number of thioether (sulfide) groups is 1. The van der Waals surface area contributed by atoms with Gasteiger partial charge in [-0.15, -0.1) is 0 Å². The van der Waals surface area contributed by atoms with Crippen molar-refractivity contribution in [1.82, 2.24) is 0 Å². The topological polar surface area (TPSA) is 105 Å². The summed E-state index contributed by atoms with van der Waals surface area (Å²) >= 11 is 4.01. The van der Waals surface area contributed by atoms with E-state index in [0.717, 1.165) is 17.0 Å². The molecule has 0 fully saturated rings. The number of amides is 3. The molecule has 2 heterocycles. The Morgan fingerprint density at radius 2 is 1.91 bits per heavy atom. The second kappa shape index (κ2) is 8.10. The number of para-hydroxylation sites is 1. The van der Waals surface area contributed by atoms with Crippen LogP contribution in [0.25, 0.3) is 5.57 Å². The maximum absolute atomic E-state index is 13.2. The molecule has 0 saturated carbocycles. The smallest absolute Gasteiger partial charge is 0.383 e. The second-order valence-corrected chi connectivity index (χ2v) is 8.59. The average Bonchev–Trinajstić information content (AvgIpc) is 3.16. The quantitative estimate of drug-likeness (QED) is 0.579. The molecule has 3 amide bonds. The first-order chi connectivity index (χ1) is 15.1. The van der Waals surface area contributed by atoms with E-state index < -0.39 is 41.0 Å². The van der Waals surface area contributed by atoms with Gasteiger partial charge in [-0.2, -0.15) is 18.2 Å². The lowest BCUT2D eigenvalue weighted by Crippen LogP contribution is -2.36. The number of nitrogens with two attached hydrogens (primary N) is 1. The minimum absolute atomic E-state index is 0.0990. The number of nitrogens with one attached hydrogen (secondary N) is 1. The van der Waals surface area contributed by atoms with Gasteiger partial charge in [0.2, 0.25) is 5.91 Å². The third-order valence-corrected chi connectivity index (χ3v) is 6.02. The Hall–Kier alpha value is -3.12. The van der Waals surface area contributed by atoms with Crippen molar-refractivity contribution in [2.45, 2.75) is 6.18 Å². The van der Waals surface area contributed by atoms with Crippen molar-refractivity contribution in [3.05, 3.63) is 63.0 Å². The Morgan fingerprint density at radius 1 is 1.19 bits per heavy atom. The van der Waals surface area contributed by atoms with Gasteiger partial charge in [-0.25, -0.2) is 0 Å². The standard InChI is InChI=1S/C20H12BrF3N4O3S/c21-9-5-6-13-10(7-9)15(16-17(25)27-19(31)32-16)18(30)28(13)8-14(29)26-12-4-2-1-3-11(12)20(22,23)24/h1-7H,8H2,(H,26,29)(H2,25,27,31)/b16-15+. The van der Waals surface area contributed by atoms with Crippen LogP contribution in [-0.2, 0) is 15.8 Å². The molecule has 2 aliphatic rings. The largest absolute Gasteiger partial charge is 0.418 e. The van der Waals surface area contributed by atoms with Crippen molar-refractivity contribution in [2.75, 3.05) is 16.8 Å². The number of aliphatic imine (C=N–C) groups is 1. The number of nitrogens with zero attached hydrogens (tertiary/aromatic N) is 2. The van der Waals surface area contributed by atoms with Gasteiger partial charge in [0, 0.05) is 10.0 Å². The van der Waals surface area contributed by atoms with E-state index in [9.17, 15) is 27.6 Å². The molecule has 164 valence electrons. The van der Waals surface area contributed by atoms with Gasteiger partial charge < -0.3 is 11.1 Å². The molecule has 2 aromatic rings. The zero-order valence-corrected chi connectivity index (χ0v) is 18.3. The van der Waals surface area contributed by atoms with E-state index in [4.69, 9.17) is 5.73 Å². The van der Waals surface area contributed by atoms with E-state index >= 15 is 0 Å². The maximum atomic E-state index is 13.2. The number of rotatable bonds is 3. The van der Waals surface area contributed by atoms with Crippen molar-refractivity contribution in [1.29, 1.82) is 0 Å². The highest BCUT2D eigenvalue weighted by Crippen LogP contribution is 2.44. The number of carbonyl (C=O) groups excluding carboxylic acids is 3. The van der Waals surface area contributed by atoms with Crippen LogP contribution in [-0.4, -0.2) is 29.4 Å². The zero-order valence-electron chi connectivity index (χ0n) is 15.9. The molecule has 0 saturated heterocycles. The van der Waals surface area contributed by atoms with Crippen LogP contribution in [0.5, 0.6) is 0 Å². The highest BCUT2D eigenvalue weighted by Gasteiger charge is 2.39. The number of benzene rings is 2. The van der Waals surface area contributed by atoms with E-state index in [1.54, 1.807) is 18.2 Å². The number of amidine groups is 1. The lowest BCUT2D eigenvalue weighted by molar-refractivity contribution is -0.137. The summed E-state index contributed by atoms with van der Waals surface area (Å²) in [7, 11) is 0. The van der Waals surface area contributed by atoms with Crippen molar-refractivity contribution < 1.29 is 27.6 Å². The Kier molecular flexibility index (Phi) is 5.59. The molecule has 0 bridgehead atoms. The fourth-order valence-corrected chi connectivity index (χ4v) is 4.47. The van der Waals surface area contributed by atoms with Gasteiger partial charge in [0.1, 0.15) is 12.4 Å². The highest BCUT2D eigenvalue weighted by molar-refractivity contribution is 9.10. The molecule has 0 radical (unpaired) electrons. The number of hydrogen-bond acceptors (Lipinski definition) is 5. The van der Waals surface area contributed by atoms with Crippen LogP contribution in [0, 0.1) is 0 Å². The third-order valence-electron chi connectivity index (χ3n) is 4.65. The fourth-order valence-electron chi connectivity index (χ4n) is 3.34. The number of halogens is 4. The lowest BCUT2D eigenvalue weighted by atomic mass is 10.1. The minimum atomic E-state index is -4.66. The summed E-state index contributed by atoms with van der Waals surface area (Å²) in [5, 5.41) is 1.65. The number of carbonyl (C=O) groups is 3. The van der Waals surface area contributed by atoms with E-state index in [1.807, 2.05) is 0 Å². The van der Waals surface area contributed by atoms with Gasteiger partial charge in [0.15, 0.2) is 0 Å². The second-order valence-electron chi connectivity index (χ2n) is 6.71. The van der Waals surface area contributed by atoms with Crippen molar-refractivity contribution in [2.24, 2.45) is 10.7 Å². The SMILES string of the molecule is NC1=NC(=O)S/C1=C1/C(=O)N(CC(=O)Nc2ccccc2C(F)(F)F)c2ccc(Br)cc21. The summed E-state index contributed by atoms with van der Waals surface area (Å²) in [5.41, 5.74) is 5.25. The van der Waals surface area contributed by atoms with Crippen LogP contribution in [0.4, 0.5) is 29.3 Å². The summed E-state index contributed by atoms with van der Waals surface area (Å²) in [6.45, 7) is -0.550. The summed E-state index contributed by atoms with van der Waals surface area (Å²) in [4.78, 5) is 42.3. The van der Waals surface area contributed by atoms with Crippen LogP contribution in [0.1, 0.15) is 11.1 Å². The van der Waals surface area contributed by atoms with Gasteiger partial charge in [-0.1, -0.05) is 28.1 Å². The molecule has 2 aromatic carbocycles. The maximum Gasteiger partial charge on any atom is 0.418 e. The van der Waals surface area contributed by atoms with E-state index in [0.29, 0.717) is 27.5 Å². The molecule has 0 aromatic heterocycles. The van der Waals surface area contributed by atoms with Crippen molar-refractivity contribution >= 4 is 67.5 Å². The predicted molar refractivity (Wildman–Crippen MR) is 118 cm³/mol. The molecule has 0 atom stereocenters. The Labute approximate surface area is 191 Å². The molecule has 0 unspecified atom stereocenters. The zero-order chi connectivity index (χ0) is 23.2. The molecular weight excluding hydrogens is 513 g/mol. The molecule has 3 N–H and O–H groups in total. The monoisotopic (exact) mass is 524 g/mol. The number of anilines is 2. The summed E-state index contributed by atoms with van der Waals surface area (Å²) in [6.07, 6.45) is -4.66. The summed E-state index contributed by atoms with van der Waals surface area (Å²) < 4.78 is 40.3. The molecule has 12 heteroatoms. The Balaban J connectivity index is 1.67. The van der Waals surface area contributed by atoms with Gasteiger partial charge in [0.25, 0.3) is 5.91 Å². The first-order valence-corrected chi connectivity index (χ1v) is 10.6. The van der Waals surface area contributed by atoms with Crippen LogP contribution in [0.2, 0.25) is 0 Å². The van der Waals surface area contributed by atoms with Gasteiger partial charge in [-0.05, 0) is 42.1 Å². The Bertz CT molecular complexity index is 1240. The van der Waals surface area contributed by atoms with Crippen molar-refractivity contribution in [3.8, 4) is 0 Å². The first-order valence-electron chi connectivity index (χ1n) is 8.94. The van der Waals surface area contributed by atoms with Crippen LogP contribution in [0.3, 0.4) is 0 Å². The molecule has 0 aliphatic carbocycles. The van der Waals surface area contributed by atoms with Crippen LogP contribution < -0.4 is 16.0 Å². The summed E-state index contributed by atoms with van der Waals surface area (Å²) in [6, 6.07) is 9.40. The van der Waals surface area contributed by atoms with Gasteiger partial charge in [-0.3, -0.25) is 19.3 Å². The number of alkyl halides is 3. The lowest BCUT2D eigenvalue weighted by Gasteiger charge is -2.18. The third kappa shape index (κ3) is 4.02. The minimum Gasteiger partial charge on any atom is -0.383 e. The summed E-state index contributed by atoms with van der Waals surface area (Å²) in [5.74, 6) is -1.56. The molecule has 32 heavy (non-hydrogen) atoms. The van der Waals surface area contributed by atoms with Crippen LogP contribution >= 0.6 is 27.7 Å². The van der Waals surface area contributed by atoms with Crippen molar-refractivity contribution in [3.63, 3.8) is 0 Å². The van der Waals surface area contributed by atoms with E-state index in [2.05, 4.69) is 26.2 Å². The predicted octanol–water partition coefficient (Wildman–Crippen LogP) is 4.39. The van der Waals surface area contributed by atoms with E-state index in [1.165, 1.54) is 12.1 Å². The first kappa shape index (κ1) is 22.1. The van der Waals surface area contributed by atoms with Gasteiger partial charge >= 0.3 is 11.4 Å². The average molecular weight is 525 g/mol. The fraction of sp³-hybridized carbons (Fsp3) is 0.100. The van der Waals surface area contributed by atoms with E-state index in [-0.39, 0.29) is 16.3 Å². The molecule has 7 nitrogen and oxygen atoms in total. The molecule has 4 rings (SSSR count).